The summed E-state index contributed by atoms with van der Waals surface area (Å²) >= 11 is -4.34. The van der Waals surface area contributed by atoms with Gasteiger partial charge in [-0.05, 0) is 37.0 Å². The standard InChI is InChI=1S/2C6H15P.6C6H5.2Pb.Pt/c2*1-4-7(5-2)6-3;6*1-2-4-6-5-3-1;;;/h2*4-6H2,1-3H3;6*1-5H;;;. The molecule has 280 valence electrons. The molecule has 0 spiro atoms. The van der Waals surface area contributed by atoms with E-state index in [1.807, 2.05) is 0 Å². The van der Waals surface area contributed by atoms with Crippen LogP contribution in [0.3, 0.4) is 0 Å². The average Bonchev–Trinajstić information content (AvgIpc) is 3.23. The van der Waals surface area contributed by atoms with Gasteiger partial charge in [0.1, 0.15) is 0 Å². The van der Waals surface area contributed by atoms with Gasteiger partial charge in [-0.15, -0.1) is 15.8 Å². The predicted molar refractivity (Wildman–Crippen MR) is 245 cm³/mol. The van der Waals surface area contributed by atoms with Crippen molar-refractivity contribution in [3.05, 3.63) is 182 Å². The molecule has 0 saturated heterocycles. The first kappa shape index (κ1) is 47.9. The van der Waals surface area contributed by atoms with Gasteiger partial charge in [-0.2, -0.15) is 0 Å². The quantitative estimate of drug-likeness (QED) is 0.0848. The summed E-state index contributed by atoms with van der Waals surface area (Å²) < 4.78 is 9.28. The van der Waals surface area contributed by atoms with Gasteiger partial charge < -0.3 is 0 Å². The van der Waals surface area contributed by atoms with Crippen LogP contribution in [-0.4, -0.2) is 82.4 Å². The first-order valence-electron chi connectivity index (χ1n) is 19.1. The van der Waals surface area contributed by atoms with Gasteiger partial charge in [-0.25, -0.2) is 0 Å². The van der Waals surface area contributed by atoms with Gasteiger partial charge in [-0.3, -0.25) is 0 Å². The Morgan fingerprint density at radius 1 is 0.264 bits per heavy atom. The van der Waals surface area contributed by atoms with E-state index in [0.29, 0.717) is 15.8 Å². The second-order valence-corrected chi connectivity index (χ2v) is 38.0. The van der Waals surface area contributed by atoms with E-state index in [4.69, 9.17) is 0 Å². The fraction of sp³-hybridized carbons (Fsp3) is 0.250. The molecule has 6 aromatic carbocycles. The summed E-state index contributed by atoms with van der Waals surface area (Å²) in [7, 11) is 0.892. The molecule has 0 unspecified atom stereocenters. The fourth-order valence-corrected chi connectivity index (χ4v) is 28.7. The van der Waals surface area contributed by atoms with Crippen molar-refractivity contribution in [2.45, 2.75) is 41.5 Å². The number of hydrogen-bond donors (Lipinski definition) is 0. The van der Waals surface area contributed by atoms with Crippen LogP contribution >= 0.6 is 15.8 Å². The van der Waals surface area contributed by atoms with Crippen LogP contribution in [-0.2, 0) is 21.1 Å². The summed E-state index contributed by atoms with van der Waals surface area (Å²) in [6, 6.07) is 66.0. The SMILES string of the molecule is CCP(CC)CC.CCP(CC)CC.[Pt].c1cc[c]([Pb]([c]2ccccc2)[c]2ccccc2)cc1.c1cc[c]([Pb]([c]2ccccc2)[c]2ccccc2)cc1. The van der Waals surface area contributed by atoms with Gasteiger partial charge in [0, 0.05) is 21.1 Å². The van der Waals surface area contributed by atoms with Crippen molar-refractivity contribution in [1.29, 1.82) is 0 Å². The molecular weight excluding hydrogens is 1250 g/mol. The number of hydrogen-bond acceptors (Lipinski definition) is 0. The summed E-state index contributed by atoms with van der Waals surface area (Å²) in [5, 5.41) is 0. The molecule has 53 heavy (non-hydrogen) atoms. The van der Waals surface area contributed by atoms with Gasteiger partial charge in [0.2, 0.25) is 0 Å². The van der Waals surface area contributed by atoms with Crippen molar-refractivity contribution in [2.75, 3.05) is 37.0 Å². The molecule has 0 aliphatic heterocycles. The van der Waals surface area contributed by atoms with Crippen LogP contribution in [0.2, 0.25) is 0 Å². The molecule has 0 N–H and O–H groups in total. The molecule has 0 fully saturated rings. The first-order valence-corrected chi connectivity index (χ1v) is 34.6. The zero-order valence-corrected chi connectivity index (χ0v) is 44.6. The Morgan fingerprint density at radius 3 is 0.491 bits per heavy atom. The van der Waals surface area contributed by atoms with E-state index in [0.717, 1.165) is 0 Å². The molecule has 0 saturated carbocycles. The van der Waals surface area contributed by atoms with Crippen LogP contribution in [0.4, 0.5) is 0 Å². The predicted octanol–water partition coefficient (Wildman–Crippen LogP) is 9.46. The van der Waals surface area contributed by atoms with Crippen molar-refractivity contribution >= 4 is 80.0 Å². The van der Waals surface area contributed by atoms with Gasteiger partial charge in [0.25, 0.3) is 0 Å². The van der Waals surface area contributed by atoms with E-state index in [-0.39, 0.29) is 21.1 Å². The Balaban J connectivity index is 0.000000269. The van der Waals surface area contributed by atoms with E-state index in [9.17, 15) is 0 Å². The van der Waals surface area contributed by atoms with Crippen LogP contribution in [0, 0.1) is 0 Å². The summed E-state index contributed by atoms with van der Waals surface area (Å²) in [4.78, 5) is 0. The van der Waals surface area contributed by atoms with Crippen molar-refractivity contribution in [1.82, 2.24) is 0 Å². The van der Waals surface area contributed by atoms with E-state index in [1.165, 1.54) is 37.0 Å². The first-order chi connectivity index (χ1) is 25.6. The third-order valence-electron chi connectivity index (χ3n) is 9.06. The Morgan fingerprint density at radius 2 is 0.396 bits per heavy atom. The molecule has 5 heteroatoms. The normalized spacial score (nSPS) is 10.3. The molecular formula is C48H60P2Pb2Pt. The minimum atomic E-state index is -2.17. The molecule has 0 nitrogen and oxygen atoms in total. The second kappa shape index (κ2) is 29.9. The van der Waals surface area contributed by atoms with Crippen molar-refractivity contribution in [3.63, 3.8) is 0 Å². The topological polar surface area (TPSA) is 0 Å². The van der Waals surface area contributed by atoms with Crippen LogP contribution < -0.4 is 18.7 Å². The van der Waals surface area contributed by atoms with Crippen molar-refractivity contribution < 1.29 is 21.1 Å². The molecule has 0 amide bonds. The fourth-order valence-electron chi connectivity index (χ4n) is 5.97. The molecule has 0 aliphatic carbocycles. The van der Waals surface area contributed by atoms with E-state index < -0.39 is 45.4 Å². The summed E-state index contributed by atoms with van der Waals surface area (Å²) in [5.74, 6) is 0. The molecule has 6 rings (SSSR count). The van der Waals surface area contributed by atoms with Gasteiger partial charge in [-0.1, -0.05) is 41.5 Å². The summed E-state index contributed by atoms with van der Waals surface area (Å²) in [6.07, 6.45) is 8.51. The average molecular weight is 1310 g/mol. The van der Waals surface area contributed by atoms with Crippen LogP contribution in [0.15, 0.2) is 182 Å². The van der Waals surface area contributed by atoms with E-state index in [2.05, 4.69) is 224 Å². The van der Waals surface area contributed by atoms with Crippen molar-refractivity contribution in [3.8, 4) is 0 Å². The Bertz CT molecular complexity index is 1360. The third-order valence-corrected chi connectivity index (χ3v) is 35.7. The zero-order valence-electron chi connectivity index (χ0n) is 32.8. The monoisotopic (exact) mass is 1310 g/mol. The number of rotatable bonds is 12. The Kier molecular flexibility index (Phi) is 27.0. The van der Waals surface area contributed by atoms with Gasteiger partial charge >= 0.3 is 246 Å². The minimum absolute atomic E-state index is 0. The molecule has 0 aliphatic rings. The molecule has 0 aromatic heterocycles. The molecule has 0 bridgehead atoms. The third kappa shape index (κ3) is 17.6. The van der Waals surface area contributed by atoms with E-state index in [1.54, 1.807) is 18.7 Å². The molecule has 0 heterocycles. The summed E-state index contributed by atoms with van der Waals surface area (Å²) in [5.41, 5.74) is 0. The van der Waals surface area contributed by atoms with Crippen molar-refractivity contribution in [2.24, 2.45) is 0 Å². The van der Waals surface area contributed by atoms with Crippen LogP contribution in [0.5, 0.6) is 0 Å². The molecule has 2 radical (unpaired) electrons. The number of benzene rings is 6. The van der Waals surface area contributed by atoms with Crippen LogP contribution in [0.25, 0.3) is 0 Å². The second-order valence-electron chi connectivity index (χ2n) is 12.2. The molecule has 6 aromatic rings. The maximum atomic E-state index is 2.29. The van der Waals surface area contributed by atoms with Crippen LogP contribution in [0.1, 0.15) is 41.5 Å². The van der Waals surface area contributed by atoms with Gasteiger partial charge in [0.15, 0.2) is 0 Å². The Hall–Kier alpha value is -1.29. The Labute approximate surface area is 357 Å². The summed E-state index contributed by atoms with van der Waals surface area (Å²) in [6.45, 7) is 13.7. The zero-order chi connectivity index (χ0) is 37.2. The maximum absolute atomic E-state index is 2.29. The van der Waals surface area contributed by atoms with E-state index >= 15 is 0 Å². The molecule has 0 atom stereocenters. The van der Waals surface area contributed by atoms with Gasteiger partial charge in [0.05, 0.1) is 0 Å².